The van der Waals surface area contributed by atoms with Gasteiger partial charge in [0.25, 0.3) is 17.7 Å². The second-order valence-corrected chi connectivity index (χ2v) is 8.95. The van der Waals surface area contributed by atoms with Gasteiger partial charge in [0, 0.05) is 12.1 Å². The SMILES string of the molecule is CCNC(=O)C1(NC(=O)c2ccc3c(c2)C(=O)N(c2cc(C)ccc2C)C3=O)CCCCC1. The summed E-state index contributed by atoms with van der Waals surface area (Å²) in [6.45, 7) is 6.09. The quantitative estimate of drug-likeness (QED) is 0.684. The van der Waals surface area contributed by atoms with Gasteiger partial charge in [-0.2, -0.15) is 0 Å². The molecule has 7 nitrogen and oxygen atoms in total. The van der Waals surface area contributed by atoms with Crippen molar-refractivity contribution < 1.29 is 19.2 Å². The first-order chi connectivity index (χ1) is 15.8. The fourth-order valence-electron chi connectivity index (χ4n) is 4.74. The van der Waals surface area contributed by atoms with E-state index in [4.69, 9.17) is 0 Å². The predicted octanol–water partition coefficient (Wildman–Crippen LogP) is 3.67. The largest absolute Gasteiger partial charge is 0.354 e. The molecule has 0 spiro atoms. The van der Waals surface area contributed by atoms with Crippen LogP contribution in [-0.2, 0) is 4.79 Å². The molecular weight excluding hydrogens is 418 g/mol. The highest BCUT2D eigenvalue weighted by Gasteiger charge is 2.42. The maximum absolute atomic E-state index is 13.2. The molecule has 2 aromatic rings. The van der Waals surface area contributed by atoms with Gasteiger partial charge in [-0.15, -0.1) is 0 Å². The lowest BCUT2D eigenvalue weighted by Crippen LogP contribution is -2.59. The Kier molecular flexibility index (Phi) is 6.06. The van der Waals surface area contributed by atoms with Gasteiger partial charge in [-0.1, -0.05) is 31.4 Å². The summed E-state index contributed by atoms with van der Waals surface area (Å²) in [5.41, 5.74) is 2.08. The molecule has 1 aliphatic carbocycles. The van der Waals surface area contributed by atoms with Crippen molar-refractivity contribution in [1.29, 1.82) is 0 Å². The second kappa shape index (κ2) is 8.81. The smallest absolute Gasteiger partial charge is 0.266 e. The van der Waals surface area contributed by atoms with Crippen LogP contribution in [0.15, 0.2) is 36.4 Å². The highest BCUT2D eigenvalue weighted by molar-refractivity contribution is 6.35. The number of fused-ring (bicyclic) bond motifs is 1. The number of nitrogens with one attached hydrogen (secondary N) is 2. The number of likely N-dealkylation sites (N-methyl/N-ethyl adjacent to an activating group) is 1. The first-order valence-electron chi connectivity index (χ1n) is 11.5. The average molecular weight is 448 g/mol. The molecule has 2 aromatic carbocycles. The third-order valence-corrected chi connectivity index (χ3v) is 6.59. The van der Waals surface area contributed by atoms with Gasteiger partial charge in [-0.05, 0) is 69.0 Å². The number of benzene rings is 2. The standard InChI is InChI=1S/C26H29N3O4/c1-4-27-25(33)26(12-6-5-7-13-26)28-22(30)18-10-11-19-20(15-18)24(32)29(23(19)31)21-14-16(2)8-9-17(21)3/h8-11,14-15H,4-7,12-13H2,1-3H3,(H,27,33)(H,28,30). The summed E-state index contributed by atoms with van der Waals surface area (Å²) >= 11 is 0. The summed E-state index contributed by atoms with van der Waals surface area (Å²) in [6, 6.07) is 10.1. The summed E-state index contributed by atoms with van der Waals surface area (Å²) in [4.78, 5) is 53.4. The van der Waals surface area contributed by atoms with Crippen LogP contribution in [0.2, 0.25) is 0 Å². The lowest BCUT2D eigenvalue weighted by atomic mass is 9.80. The average Bonchev–Trinajstić information content (AvgIpc) is 3.05. The van der Waals surface area contributed by atoms with Crippen LogP contribution in [0, 0.1) is 13.8 Å². The number of anilines is 1. The first-order valence-corrected chi connectivity index (χ1v) is 11.5. The third-order valence-electron chi connectivity index (χ3n) is 6.59. The maximum Gasteiger partial charge on any atom is 0.266 e. The zero-order chi connectivity index (χ0) is 23.8. The molecule has 4 amide bonds. The minimum Gasteiger partial charge on any atom is -0.354 e. The van der Waals surface area contributed by atoms with Gasteiger partial charge in [0.15, 0.2) is 0 Å². The minimum atomic E-state index is -0.950. The van der Waals surface area contributed by atoms with E-state index in [1.54, 1.807) is 6.07 Å². The normalized spacial score (nSPS) is 17.0. The fourth-order valence-corrected chi connectivity index (χ4v) is 4.74. The molecule has 0 radical (unpaired) electrons. The topological polar surface area (TPSA) is 95.6 Å². The number of amides is 4. The number of nitrogens with zero attached hydrogens (tertiary/aromatic N) is 1. The molecule has 1 heterocycles. The molecule has 0 atom stereocenters. The molecule has 4 rings (SSSR count). The van der Waals surface area contributed by atoms with Crippen molar-refractivity contribution in [3.63, 3.8) is 0 Å². The molecular formula is C26H29N3O4. The molecule has 0 aromatic heterocycles. The molecule has 2 aliphatic rings. The fraction of sp³-hybridized carbons (Fsp3) is 0.385. The Morgan fingerprint density at radius 1 is 0.939 bits per heavy atom. The summed E-state index contributed by atoms with van der Waals surface area (Å²) in [5.74, 6) is -1.45. The molecule has 172 valence electrons. The van der Waals surface area contributed by atoms with Crippen molar-refractivity contribution in [1.82, 2.24) is 10.6 Å². The first kappa shape index (κ1) is 22.7. The van der Waals surface area contributed by atoms with Crippen LogP contribution >= 0.6 is 0 Å². The maximum atomic E-state index is 13.2. The molecule has 1 saturated carbocycles. The van der Waals surface area contributed by atoms with E-state index < -0.39 is 23.3 Å². The van der Waals surface area contributed by atoms with Crippen LogP contribution in [0.25, 0.3) is 0 Å². The molecule has 33 heavy (non-hydrogen) atoms. The van der Waals surface area contributed by atoms with Crippen LogP contribution in [0.4, 0.5) is 5.69 Å². The molecule has 0 unspecified atom stereocenters. The van der Waals surface area contributed by atoms with Crippen molar-refractivity contribution in [2.24, 2.45) is 0 Å². The zero-order valence-corrected chi connectivity index (χ0v) is 19.3. The summed E-state index contributed by atoms with van der Waals surface area (Å²) in [6.07, 6.45) is 3.90. The number of rotatable bonds is 5. The van der Waals surface area contributed by atoms with Crippen molar-refractivity contribution in [3.05, 3.63) is 64.2 Å². The predicted molar refractivity (Wildman–Crippen MR) is 125 cm³/mol. The molecule has 0 bridgehead atoms. The van der Waals surface area contributed by atoms with Gasteiger partial charge < -0.3 is 10.6 Å². The Hall–Kier alpha value is -3.48. The van der Waals surface area contributed by atoms with E-state index in [9.17, 15) is 19.2 Å². The van der Waals surface area contributed by atoms with Gasteiger partial charge >= 0.3 is 0 Å². The van der Waals surface area contributed by atoms with Gasteiger partial charge in [0.1, 0.15) is 5.54 Å². The van der Waals surface area contributed by atoms with E-state index in [-0.39, 0.29) is 22.6 Å². The van der Waals surface area contributed by atoms with Crippen molar-refractivity contribution in [3.8, 4) is 0 Å². The van der Waals surface area contributed by atoms with Gasteiger partial charge in [-0.3, -0.25) is 19.2 Å². The summed E-state index contributed by atoms with van der Waals surface area (Å²) in [5, 5.41) is 5.79. The van der Waals surface area contributed by atoms with Gasteiger partial charge in [0.2, 0.25) is 5.91 Å². The van der Waals surface area contributed by atoms with Crippen molar-refractivity contribution in [2.45, 2.75) is 58.4 Å². The van der Waals surface area contributed by atoms with Gasteiger partial charge in [-0.25, -0.2) is 4.90 Å². The Bertz CT molecular complexity index is 1150. The monoisotopic (exact) mass is 447 g/mol. The number of hydrogen-bond acceptors (Lipinski definition) is 4. The number of aryl methyl sites for hydroxylation is 2. The highest BCUT2D eigenvalue weighted by Crippen LogP contribution is 2.33. The summed E-state index contributed by atoms with van der Waals surface area (Å²) in [7, 11) is 0. The molecule has 1 aliphatic heterocycles. The molecule has 2 N–H and O–H groups in total. The number of hydrogen-bond donors (Lipinski definition) is 2. The number of carbonyl (C=O) groups is 4. The molecule has 0 saturated heterocycles. The van der Waals surface area contributed by atoms with E-state index in [0.717, 1.165) is 30.4 Å². The van der Waals surface area contributed by atoms with Crippen LogP contribution in [0.3, 0.4) is 0 Å². The van der Waals surface area contributed by atoms with Crippen LogP contribution in [-0.4, -0.2) is 35.7 Å². The Labute approximate surface area is 193 Å². The lowest BCUT2D eigenvalue weighted by molar-refractivity contribution is -0.128. The van der Waals surface area contributed by atoms with Crippen molar-refractivity contribution >= 4 is 29.3 Å². The number of imide groups is 1. The van der Waals surface area contributed by atoms with Crippen LogP contribution < -0.4 is 15.5 Å². The molecule has 7 heteroatoms. The number of carbonyl (C=O) groups excluding carboxylic acids is 4. The van der Waals surface area contributed by atoms with Crippen molar-refractivity contribution in [2.75, 3.05) is 11.4 Å². The Morgan fingerprint density at radius 2 is 1.64 bits per heavy atom. The second-order valence-electron chi connectivity index (χ2n) is 8.95. The van der Waals surface area contributed by atoms with E-state index in [0.29, 0.717) is 25.1 Å². The lowest BCUT2D eigenvalue weighted by Gasteiger charge is -2.36. The third kappa shape index (κ3) is 4.03. The Balaban J connectivity index is 1.63. The highest BCUT2D eigenvalue weighted by atomic mass is 16.2. The Morgan fingerprint density at radius 3 is 2.33 bits per heavy atom. The molecule has 1 fully saturated rings. The zero-order valence-electron chi connectivity index (χ0n) is 19.3. The van der Waals surface area contributed by atoms with E-state index in [1.165, 1.54) is 17.0 Å². The van der Waals surface area contributed by atoms with E-state index in [1.807, 2.05) is 39.0 Å². The summed E-state index contributed by atoms with van der Waals surface area (Å²) < 4.78 is 0. The van der Waals surface area contributed by atoms with E-state index >= 15 is 0 Å². The van der Waals surface area contributed by atoms with E-state index in [2.05, 4.69) is 10.6 Å². The van der Waals surface area contributed by atoms with Crippen LogP contribution in [0.1, 0.15) is 81.2 Å². The minimum absolute atomic E-state index is 0.174. The van der Waals surface area contributed by atoms with Crippen LogP contribution in [0.5, 0.6) is 0 Å². The van der Waals surface area contributed by atoms with Gasteiger partial charge in [0.05, 0.1) is 16.8 Å².